The van der Waals surface area contributed by atoms with Crippen molar-refractivity contribution < 1.29 is 22.7 Å². The number of hydrogen-bond acceptors (Lipinski definition) is 2. The summed E-state index contributed by atoms with van der Waals surface area (Å²) in [6.45, 7) is 1.74. The molecule has 0 fully saturated rings. The Morgan fingerprint density at radius 2 is 2.00 bits per heavy atom. The number of rotatable bonds is 4. The zero-order chi connectivity index (χ0) is 13.1. The minimum atomic E-state index is -4.53. The Bertz CT molecular complexity index is 378. The number of aliphatic hydroxyl groups excluding tert-OH is 1. The van der Waals surface area contributed by atoms with Crippen LogP contribution in [0.3, 0.4) is 0 Å². The molecule has 0 spiro atoms. The average molecular weight is 268 g/mol. The van der Waals surface area contributed by atoms with Crippen LogP contribution in [0.4, 0.5) is 17.6 Å². The molecule has 1 aromatic rings. The molecule has 0 aliphatic rings. The summed E-state index contributed by atoms with van der Waals surface area (Å²) in [6.07, 6.45) is -4.53. The van der Waals surface area contributed by atoms with Gasteiger partial charge in [-0.3, -0.25) is 0 Å². The maximum absolute atomic E-state index is 13.4. The molecule has 0 aromatic heterocycles. The highest BCUT2D eigenvalue weighted by Crippen LogP contribution is 2.32. The molecule has 1 N–H and O–H groups in total. The standard InChI is InChI=1S/C11H12F4OS/c1-7(5-16)6-17-10-3-2-8(4-9(10)12)11(13,14)15/h2-4,7,16H,5-6H2,1H3. The van der Waals surface area contributed by atoms with E-state index >= 15 is 0 Å². The second kappa shape index (κ2) is 5.73. The number of benzene rings is 1. The van der Waals surface area contributed by atoms with Gasteiger partial charge in [-0.2, -0.15) is 13.2 Å². The Labute approximate surface area is 101 Å². The third kappa shape index (κ3) is 4.20. The van der Waals surface area contributed by atoms with Gasteiger partial charge in [0.25, 0.3) is 0 Å². The van der Waals surface area contributed by atoms with Crippen LogP contribution >= 0.6 is 11.8 Å². The molecule has 96 valence electrons. The predicted octanol–water partition coefficient (Wildman–Crippen LogP) is 3.57. The lowest BCUT2D eigenvalue weighted by molar-refractivity contribution is -0.137. The molecular weight excluding hydrogens is 256 g/mol. The molecule has 1 rings (SSSR count). The van der Waals surface area contributed by atoms with Crippen molar-refractivity contribution in [3.05, 3.63) is 29.6 Å². The summed E-state index contributed by atoms with van der Waals surface area (Å²) in [7, 11) is 0. The van der Waals surface area contributed by atoms with Gasteiger partial charge in [-0.05, 0) is 24.1 Å². The second-order valence-corrected chi connectivity index (χ2v) is 4.80. The molecular formula is C11H12F4OS. The van der Waals surface area contributed by atoms with Crippen LogP contribution in [0.25, 0.3) is 0 Å². The van der Waals surface area contributed by atoms with Crippen molar-refractivity contribution in [2.24, 2.45) is 5.92 Å². The van der Waals surface area contributed by atoms with E-state index in [1.165, 1.54) is 0 Å². The predicted molar refractivity (Wildman–Crippen MR) is 58.4 cm³/mol. The molecule has 0 saturated heterocycles. The van der Waals surface area contributed by atoms with Gasteiger partial charge in [0.15, 0.2) is 0 Å². The normalized spacial score (nSPS) is 13.8. The summed E-state index contributed by atoms with van der Waals surface area (Å²) in [5.41, 5.74) is -0.991. The molecule has 0 aliphatic carbocycles. The lowest BCUT2D eigenvalue weighted by Crippen LogP contribution is -2.06. The number of thioether (sulfide) groups is 1. The van der Waals surface area contributed by atoms with Crippen LogP contribution in [0.2, 0.25) is 0 Å². The monoisotopic (exact) mass is 268 g/mol. The largest absolute Gasteiger partial charge is 0.416 e. The Hall–Kier alpha value is -0.750. The van der Waals surface area contributed by atoms with E-state index < -0.39 is 17.6 Å². The zero-order valence-electron chi connectivity index (χ0n) is 9.09. The minimum absolute atomic E-state index is 0.0262. The Balaban J connectivity index is 2.77. The summed E-state index contributed by atoms with van der Waals surface area (Å²) in [6, 6.07) is 2.47. The molecule has 6 heteroatoms. The molecule has 1 nitrogen and oxygen atoms in total. The van der Waals surface area contributed by atoms with Crippen LogP contribution in [0.5, 0.6) is 0 Å². The molecule has 0 aliphatic heterocycles. The van der Waals surface area contributed by atoms with E-state index in [0.29, 0.717) is 11.8 Å². The van der Waals surface area contributed by atoms with Crippen molar-refractivity contribution in [1.29, 1.82) is 0 Å². The van der Waals surface area contributed by atoms with Gasteiger partial charge in [0.1, 0.15) is 5.82 Å². The SMILES string of the molecule is CC(CO)CSc1ccc(C(F)(F)F)cc1F. The van der Waals surface area contributed by atoms with Gasteiger partial charge in [0.2, 0.25) is 0 Å². The molecule has 0 amide bonds. The zero-order valence-corrected chi connectivity index (χ0v) is 9.91. The summed E-state index contributed by atoms with van der Waals surface area (Å²) in [5, 5.41) is 8.78. The quantitative estimate of drug-likeness (QED) is 0.665. The van der Waals surface area contributed by atoms with Gasteiger partial charge >= 0.3 is 6.18 Å². The van der Waals surface area contributed by atoms with Crippen molar-refractivity contribution in [1.82, 2.24) is 0 Å². The minimum Gasteiger partial charge on any atom is -0.396 e. The molecule has 0 bridgehead atoms. The first kappa shape index (κ1) is 14.3. The van der Waals surface area contributed by atoms with Gasteiger partial charge in [0.05, 0.1) is 5.56 Å². The smallest absolute Gasteiger partial charge is 0.396 e. The topological polar surface area (TPSA) is 20.2 Å². The molecule has 1 atom stereocenters. The van der Waals surface area contributed by atoms with Crippen LogP contribution in [0.15, 0.2) is 23.1 Å². The first-order valence-corrected chi connectivity index (χ1v) is 5.93. The van der Waals surface area contributed by atoms with E-state index in [4.69, 9.17) is 5.11 Å². The first-order chi connectivity index (χ1) is 7.84. The second-order valence-electron chi connectivity index (χ2n) is 3.74. The maximum Gasteiger partial charge on any atom is 0.416 e. The maximum atomic E-state index is 13.4. The summed E-state index contributed by atoms with van der Waals surface area (Å²) >= 11 is 1.10. The third-order valence-corrected chi connectivity index (χ3v) is 3.47. The van der Waals surface area contributed by atoms with Crippen LogP contribution in [-0.4, -0.2) is 17.5 Å². The number of alkyl halides is 3. The van der Waals surface area contributed by atoms with Crippen molar-refractivity contribution in [3.8, 4) is 0 Å². The fourth-order valence-corrected chi connectivity index (χ4v) is 2.01. The molecule has 0 radical (unpaired) electrons. The van der Waals surface area contributed by atoms with E-state index in [1.54, 1.807) is 6.92 Å². The molecule has 0 saturated carbocycles. The summed E-state index contributed by atoms with van der Waals surface area (Å²) in [4.78, 5) is 0.165. The molecule has 1 unspecified atom stereocenters. The lowest BCUT2D eigenvalue weighted by Gasteiger charge is -2.10. The fourth-order valence-electron chi connectivity index (χ4n) is 1.08. The Morgan fingerprint density at radius 3 is 2.47 bits per heavy atom. The van der Waals surface area contributed by atoms with Gasteiger partial charge in [-0.25, -0.2) is 4.39 Å². The van der Waals surface area contributed by atoms with Gasteiger partial charge in [0, 0.05) is 17.3 Å². The van der Waals surface area contributed by atoms with E-state index in [-0.39, 0.29) is 17.4 Å². The van der Waals surface area contributed by atoms with E-state index in [0.717, 1.165) is 23.9 Å². The highest BCUT2D eigenvalue weighted by molar-refractivity contribution is 7.99. The molecule has 1 aromatic carbocycles. The van der Waals surface area contributed by atoms with E-state index in [2.05, 4.69) is 0 Å². The Kier molecular flexibility index (Phi) is 4.82. The third-order valence-electron chi connectivity index (χ3n) is 2.09. The first-order valence-electron chi connectivity index (χ1n) is 4.95. The van der Waals surface area contributed by atoms with Crippen molar-refractivity contribution >= 4 is 11.8 Å². The molecule has 0 heterocycles. The highest BCUT2D eigenvalue weighted by atomic mass is 32.2. The number of halogens is 4. The van der Waals surface area contributed by atoms with Crippen LogP contribution in [-0.2, 0) is 6.18 Å². The van der Waals surface area contributed by atoms with Crippen LogP contribution < -0.4 is 0 Å². The number of aliphatic hydroxyl groups is 1. The molecule has 17 heavy (non-hydrogen) atoms. The van der Waals surface area contributed by atoms with Crippen LogP contribution in [0.1, 0.15) is 12.5 Å². The van der Waals surface area contributed by atoms with E-state index in [1.807, 2.05) is 0 Å². The Morgan fingerprint density at radius 1 is 1.35 bits per heavy atom. The van der Waals surface area contributed by atoms with Gasteiger partial charge < -0.3 is 5.11 Å². The summed E-state index contributed by atoms with van der Waals surface area (Å²) in [5.74, 6) is -0.449. The van der Waals surface area contributed by atoms with Gasteiger partial charge in [-0.1, -0.05) is 6.92 Å². The van der Waals surface area contributed by atoms with Crippen molar-refractivity contribution in [2.45, 2.75) is 18.0 Å². The van der Waals surface area contributed by atoms with Crippen molar-refractivity contribution in [3.63, 3.8) is 0 Å². The highest BCUT2D eigenvalue weighted by Gasteiger charge is 2.31. The van der Waals surface area contributed by atoms with E-state index in [9.17, 15) is 17.6 Å². The number of hydrogen-bond donors (Lipinski definition) is 1. The van der Waals surface area contributed by atoms with Gasteiger partial charge in [-0.15, -0.1) is 11.8 Å². The van der Waals surface area contributed by atoms with Crippen LogP contribution in [0, 0.1) is 11.7 Å². The average Bonchev–Trinajstić information content (AvgIpc) is 2.25. The van der Waals surface area contributed by atoms with Crippen molar-refractivity contribution in [2.75, 3.05) is 12.4 Å². The summed E-state index contributed by atoms with van der Waals surface area (Å²) < 4.78 is 50.1. The lowest BCUT2D eigenvalue weighted by atomic mass is 10.2. The fraction of sp³-hybridized carbons (Fsp3) is 0.455.